The number of aliphatic hydroxyl groups is 2. The first kappa shape index (κ1) is 32.0. The van der Waals surface area contributed by atoms with E-state index in [2.05, 4.69) is 0 Å². The monoisotopic (exact) mass is 628 g/mol. The van der Waals surface area contributed by atoms with E-state index in [1.807, 2.05) is 91.0 Å². The van der Waals surface area contributed by atoms with Crippen molar-refractivity contribution in [2.45, 2.75) is 38.5 Å². The molecule has 1 amide bonds. The first-order valence-corrected chi connectivity index (χ1v) is 17.2. The zero-order valence-corrected chi connectivity index (χ0v) is 26.1. The fourth-order valence-electron chi connectivity index (χ4n) is 6.74. The SMILES string of the molecule is CC(C)(O)[C@H]1C(=O)N(CP(C(=O)OCc2ccccc2[N+](=O)[O-])(c2ccccc2)(c2ccccc2)c2ccccc2)[C@@H]1CCO. The van der Waals surface area contributed by atoms with Crippen LogP contribution in [0, 0.1) is 16.0 Å². The summed E-state index contributed by atoms with van der Waals surface area (Å²) in [5, 5.41) is 34.8. The standard InChI is InChI=1S/C35H37N2O7P/c1-35(2,41)32-31(22-23-38)36(33(32)39)25-45(27-15-6-3-7-16-27,28-17-8-4-9-18-28,29-19-10-5-11-20-29)34(40)44-24-26-14-12-13-21-30(26)37(42)43/h3-21,31-32,38,41H,22-25H2,1-2H3/t31-,32-/m1/s1. The van der Waals surface area contributed by atoms with E-state index >= 15 is 4.79 Å². The molecule has 2 atom stereocenters. The van der Waals surface area contributed by atoms with Crippen molar-refractivity contribution in [3.05, 3.63) is 131 Å². The van der Waals surface area contributed by atoms with Crippen LogP contribution in [0.5, 0.6) is 0 Å². The number of hydrogen-bond donors (Lipinski definition) is 2. The van der Waals surface area contributed by atoms with Crippen molar-refractivity contribution >= 4 is 39.8 Å². The first-order valence-electron chi connectivity index (χ1n) is 14.8. The summed E-state index contributed by atoms with van der Waals surface area (Å²) in [6.45, 7) is -1.98. The molecule has 9 nitrogen and oxygen atoms in total. The van der Waals surface area contributed by atoms with Crippen LogP contribution in [0.4, 0.5) is 10.5 Å². The van der Waals surface area contributed by atoms with E-state index in [-0.39, 0.29) is 43.1 Å². The van der Waals surface area contributed by atoms with Crippen molar-refractivity contribution in [3.8, 4) is 0 Å². The second-order valence-electron chi connectivity index (χ2n) is 11.9. The third kappa shape index (κ3) is 5.31. The molecular formula is C35H37N2O7P. The molecule has 45 heavy (non-hydrogen) atoms. The molecule has 10 heteroatoms. The number of β-lactam (4-membered cyclic amide) rings is 1. The van der Waals surface area contributed by atoms with E-state index in [4.69, 9.17) is 4.74 Å². The van der Waals surface area contributed by atoms with Crippen LogP contribution >= 0.6 is 6.60 Å². The Bertz CT molecular complexity index is 1580. The molecule has 0 unspecified atom stereocenters. The van der Waals surface area contributed by atoms with Crippen LogP contribution in [0.1, 0.15) is 25.8 Å². The molecule has 0 bridgehead atoms. The van der Waals surface area contributed by atoms with Gasteiger partial charge in [0.05, 0.1) is 0 Å². The summed E-state index contributed by atoms with van der Waals surface area (Å²) in [6.07, 6.45) is 0.117. The van der Waals surface area contributed by atoms with Crippen LogP contribution in [0.3, 0.4) is 0 Å². The molecule has 1 fully saturated rings. The molecule has 234 valence electrons. The Balaban J connectivity index is 1.80. The second-order valence-corrected chi connectivity index (χ2v) is 16.7. The number of nitrogens with zero attached hydrogens (tertiary/aromatic N) is 2. The minimum atomic E-state index is -4.54. The molecular weight excluding hydrogens is 591 g/mol. The van der Waals surface area contributed by atoms with E-state index in [0.29, 0.717) is 15.9 Å². The summed E-state index contributed by atoms with van der Waals surface area (Å²) in [5.41, 5.74) is -1.89. The van der Waals surface area contributed by atoms with Crippen LogP contribution in [0.15, 0.2) is 115 Å². The van der Waals surface area contributed by atoms with E-state index in [1.165, 1.54) is 6.07 Å². The fraction of sp³-hybridized carbons (Fsp3) is 0.257. The van der Waals surface area contributed by atoms with E-state index in [0.717, 1.165) is 0 Å². The Morgan fingerprint density at radius 2 is 1.33 bits per heavy atom. The number of nitro benzene ring substituents is 1. The number of likely N-dealkylation sites (tertiary alicyclic amines) is 1. The van der Waals surface area contributed by atoms with Gasteiger partial charge in [-0.15, -0.1) is 0 Å². The number of rotatable bonds is 12. The van der Waals surface area contributed by atoms with Crippen LogP contribution in [0.25, 0.3) is 0 Å². The number of aliphatic hydroxyl groups excluding tert-OH is 1. The summed E-state index contributed by atoms with van der Waals surface area (Å²) in [5.74, 6) is -1.11. The van der Waals surface area contributed by atoms with Crippen molar-refractivity contribution in [2.75, 3.05) is 12.9 Å². The van der Waals surface area contributed by atoms with Gasteiger partial charge in [0.15, 0.2) is 0 Å². The van der Waals surface area contributed by atoms with Crippen molar-refractivity contribution in [1.29, 1.82) is 0 Å². The number of ether oxygens (including phenoxy) is 1. The topological polar surface area (TPSA) is 130 Å². The third-order valence-corrected chi connectivity index (χ3v) is 15.0. The number of carbonyl (C=O) groups is 2. The van der Waals surface area contributed by atoms with Crippen molar-refractivity contribution < 1.29 is 29.5 Å². The average molecular weight is 629 g/mol. The molecule has 0 aliphatic carbocycles. The van der Waals surface area contributed by atoms with Crippen LogP contribution in [0.2, 0.25) is 0 Å². The van der Waals surface area contributed by atoms with Gasteiger partial charge < -0.3 is 0 Å². The van der Waals surface area contributed by atoms with Crippen LogP contribution < -0.4 is 15.9 Å². The molecule has 1 aliphatic heterocycles. The van der Waals surface area contributed by atoms with Gasteiger partial charge in [-0.1, -0.05) is 0 Å². The Labute approximate surface area is 262 Å². The van der Waals surface area contributed by atoms with Crippen molar-refractivity contribution in [3.63, 3.8) is 0 Å². The van der Waals surface area contributed by atoms with E-state index in [9.17, 15) is 25.1 Å². The Kier molecular flexibility index (Phi) is 8.90. The summed E-state index contributed by atoms with van der Waals surface area (Å²) >= 11 is 0. The van der Waals surface area contributed by atoms with Gasteiger partial charge in [0.1, 0.15) is 0 Å². The van der Waals surface area contributed by atoms with Crippen LogP contribution in [-0.2, 0) is 16.1 Å². The predicted octanol–water partition coefficient (Wildman–Crippen LogP) is 4.70. The van der Waals surface area contributed by atoms with E-state index in [1.54, 1.807) is 36.9 Å². The zero-order valence-electron chi connectivity index (χ0n) is 25.2. The Hall–Kier alpha value is -4.43. The molecule has 0 radical (unpaired) electrons. The maximum atomic E-state index is 15.4. The minimum absolute atomic E-state index is 0.0879. The molecule has 1 heterocycles. The molecule has 4 aromatic carbocycles. The molecule has 5 rings (SSSR count). The number of nitro groups is 1. The molecule has 2 N–H and O–H groups in total. The number of amides is 1. The molecule has 0 spiro atoms. The van der Waals surface area contributed by atoms with Gasteiger partial charge in [0, 0.05) is 0 Å². The van der Waals surface area contributed by atoms with Crippen molar-refractivity contribution in [2.24, 2.45) is 5.92 Å². The average Bonchev–Trinajstić information content (AvgIpc) is 3.05. The van der Waals surface area contributed by atoms with Gasteiger partial charge in [0.25, 0.3) is 0 Å². The molecule has 0 saturated carbocycles. The van der Waals surface area contributed by atoms with Crippen LogP contribution in [-0.4, -0.2) is 56.2 Å². The molecule has 1 saturated heterocycles. The first-order chi connectivity index (χ1) is 21.6. The number of benzene rings is 4. The molecule has 4 aromatic rings. The van der Waals surface area contributed by atoms with E-state index < -0.39 is 34.8 Å². The number of carbonyl (C=O) groups excluding carboxylic acids is 2. The third-order valence-electron chi connectivity index (χ3n) is 8.88. The normalized spacial score (nSPS) is 17.6. The summed E-state index contributed by atoms with van der Waals surface area (Å²) in [4.78, 5) is 42.3. The van der Waals surface area contributed by atoms with Crippen molar-refractivity contribution in [1.82, 2.24) is 4.90 Å². The van der Waals surface area contributed by atoms with Gasteiger partial charge in [-0.3, -0.25) is 0 Å². The fourth-order valence-corrected chi connectivity index (χ4v) is 12.7. The number of hydrogen-bond acceptors (Lipinski definition) is 7. The Morgan fingerprint density at radius 1 is 0.867 bits per heavy atom. The summed E-state index contributed by atoms with van der Waals surface area (Å²) in [6, 6.07) is 33.3. The zero-order chi connectivity index (χ0) is 32.3. The molecule has 1 aliphatic rings. The maximum absolute atomic E-state index is 15.4. The summed E-state index contributed by atoms with van der Waals surface area (Å²) in [7, 11) is 0. The van der Waals surface area contributed by atoms with Gasteiger partial charge in [-0.25, -0.2) is 0 Å². The van der Waals surface area contributed by atoms with Gasteiger partial charge in [0.2, 0.25) is 0 Å². The van der Waals surface area contributed by atoms with Gasteiger partial charge in [-0.2, -0.15) is 0 Å². The molecule has 0 aromatic heterocycles. The number of para-hydroxylation sites is 1. The Morgan fingerprint density at radius 3 is 1.78 bits per heavy atom. The quantitative estimate of drug-likeness (QED) is 0.101. The predicted molar refractivity (Wildman–Crippen MR) is 175 cm³/mol. The second kappa shape index (κ2) is 12.5. The summed E-state index contributed by atoms with van der Waals surface area (Å²) < 4.78 is 6.22. The van der Waals surface area contributed by atoms with Gasteiger partial charge in [-0.05, 0) is 0 Å². The van der Waals surface area contributed by atoms with Gasteiger partial charge >= 0.3 is 262 Å².